The van der Waals surface area contributed by atoms with Crippen LogP contribution in [-0.4, -0.2) is 40.9 Å². The molecule has 84 valence electrons. The quantitative estimate of drug-likeness (QED) is 0.445. The van der Waals surface area contributed by atoms with Crippen LogP contribution in [0.3, 0.4) is 0 Å². The number of rotatable bonds is 6. The first-order valence-corrected chi connectivity index (χ1v) is 4.84. The summed E-state index contributed by atoms with van der Waals surface area (Å²) >= 11 is 0. The monoisotopic (exact) mass is 204 g/mol. The molecule has 5 N–H and O–H groups in total. The molecule has 0 saturated heterocycles. The van der Waals surface area contributed by atoms with Crippen LogP contribution < -0.4 is 11.1 Å². The maximum absolute atomic E-state index is 11.4. The summed E-state index contributed by atoms with van der Waals surface area (Å²) in [6.45, 7) is 3.00. The second-order valence-corrected chi connectivity index (χ2v) is 3.45. The summed E-state index contributed by atoms with van der Waals surface area (Å²) in [5.41, 5.74) is 4.57. The Morgan fingerprint density at radius 3 is 2.21 bits per heavy atom. The summed E-state index contributed by atoms with van der Waals surface area (Å²) in [4.78, 5) is 11.4. The Morgan fingerprint density at radius 2 is 1.93 bits per heavy atom. The summed E-state index contributed by atoms with van der Waals surface area (Å²) in [5, 5.41) is 20.7. The van der Waals surface area contributed by atoms with Crippen LogP contribution in [-0.2, 0) is 4.79 Å². The van der Waals surface area contributed by atoms with Gasteiger partial charge in [0.25, 0.3) is 0 Å². The van der Waals surface area contributed by atoms with E-state index in [1.165, 1.54) is 0 Å². The second-order valence-electron chi connectivity index (χ2n) is 3.45. The van der Waals surface area contributed by atoms with Gasteiger partial charge in [-0.05, 0) is 12.8 Å². The fraction of sp³-hybridized carbons (Fsp3) is 0.889. The number of amides is 1. The van der Waals surface area contributed by atoms with Crippen molar-refractivity contribution in [2.24, 2.45) is 5.73 Å². The lowest BCUT2D eigenvalue weighted by atomic mass is 9.97. The highest BCUT2D eigenvalue weighted by molar-refractivity contribution is 5.82. The first-order chi connectivity index (χ1) is 6.55. The number of carbonyl (C=O) groups is 1. The summed E-state index contributed by atoms with van der Waals surface area (Å²) < 4.78 is 0. The van der Waals surface area contributed by atoms with Crippen LogP contribution in [0.25, 0.3) is 0 Å². The zero-order valence-corrected chi connectivity index (χ0v) is 8.79. The van der Waals surface area contributed by atoms with Crippen molar-refractivity contribution in [2.45, 2.75) is 38.3 Å². The van der Waals surface area contributed by atoms with Crippen molar-refractivity contribution < 1.29 is 15.0 Å². The predicted octanol–water partition coefficient (Wildman–Crippen LogP) is -1.03. The van der Waals surface area contributed by atoms with Crippen molar-refractivity contribution >= 4 is 5.91 Å². The minimum atomic E-state index is -0.941. The van der Waals surface area contributed by atoms with Gasteiger partial charge in [0.2, 0.25) is 5.91 Å². The zero-order chi connectivity index (χ0) is 11.2. The van der Waals surface area contributed by atoms with E-state index in [9.17, 15) is 4.79 Å². The van der Waals surface area contributed by atoms with E-state index < -0.39 is 11.6 Å². The van der Waals surface area contributed by atoms with E-state index in [0.717, 1.165) is 0 Å². The van der Waals surface area contributed by atoms with Crippen molar-refractivity contribution in [3.8, 4) is 0 Å². The van der Waals surface area contributed by atoms with Gasteiger partial charge in [-0.15, -0.1) is 0 Å². The minimum absolute atomic E-state index is 0.290. The molecule has 0 aromatic carbocycles. The lowest BCUT2D eigenvalue weighted by molar-refractivity contribution is -0.125. The van der Waals surface area contributed by atoms with Gasteiger partial charge in [-0.25, -0.2) is 0 Å². The Hall–Kier alpha value is -0.650. The fourth-order valence-electron chi connectivity index (χ4n) is 0.980. The van der Waals surface area contributed by atoms with Crippen LogP contribution >= 0.6 is 0 Å². The van der Waals surface area contributed by atoms with E-state index in [1.54, 1.807) is 13.8 Å². The lowest BCUT2D eigenvalue weighted by Crippen LogP contribution is -2.57. The molecule has 5 heteroatoms. The summed E-state index contributed by atoms with van der Waals surface area (Å²) in [6.07, 6.45) is 0.991. The molecule has 0 rings (SSSR count). The van der Waals surface area contributed by atoms with Gasteiger partial charge in [0, 0.05) is 0 Å². The molecule has 0 heterocycles. The average molecular weight is 204 g/mol. The molecule has 14 heavy (non-hydrogen) atoms. The number of aliphatic hydroxyl groups is 2. The molecule has 0 radical (unpaired) electrons. The van der Waals surface area contributed by atoms with Crippen LogP contribution in [0.15, 0.2) is 0 Å². The Labute approximate surface area is 84.3 Å². The molecular weight excluding hydrogens is 184 g/mol. The first-order valence-electron chi connectivity index (χ1n) is 4.84. The molecule has 0 aliphatic rings. The van der Waals surface area contributed by atoms with Crippen LogP contribution in [0.2, 0.25) is 0 Å². The maximum Gasteiger partial charge on any atom is 0.237 e. The standard InChI is InChI=1S/C9H20N2O3/c1-3-7(10)8(14)11-9(4-2,5-12)6-13/h7,12-13H,3-6,10H2,1-2H3,(H,11,14)/t7-/m1/s1. The van der Waals surface area contributed by atoms with E-state index >= 15 is 0 Å². The molecule has 0 aliphatic carbocycles. The van der Waals surface area contributed by atoms with Crippen LogP contribution in [0, 0.1) is 0 Å². The Kier molecular flexibility index (Phi) is 5.68. The van der Waals surface area contributed by atoms with Gasteiger partial charge in [-0.3, -0.25) is 4.79 Å². The van der Waals surface area contributed by atoms with E-state index in [4.69, 9.17) is 15.9 Å². The predicted molar refractivity (Wildman–Crippen MR) is 53.6 cm³/mol. The first kappa shape index (κ1) is 13.4. The molecule has 0 aliphatic heterocycles. The van der Waals surface area contributed by atoms with Crippen LogP contribution in [0.4, 0.5) is 0 Å². The second kappa shape index (κ2) is 5.95. The van der Waals surface area contributed by atoms with E-state index in [0.29, 0.717) is 12.8 Å². The molecule has 1 amide bonds. The molecule has 1 atom stereocenters. The van der Waals surface area contributed by atoms with E-state index in [-0.39, 0.29) is 19.1 Å². The SMILES string of the molecule is CC[C@@H](N)C(=O)NC(CC)(CO)CO. The number of aliphatic hydroxyl groups excluding tert-OH is 2. The molecule has 0 unspecified atom stereocenters. The van der Waals surface area contributed by atoms with Crippen molar-refractivity contribution in [1.82, 2.24) is 5.32 Å². The number of nitrogens with two attached hydrogens (primary N) is 1. The highest BCUT2D eigenvalue weighted by Gasteiger charge is 2.29. The van der Waals surface area contributed by atoms with Gasteiger partial charge in [0.15, 0.2) is 0 Å². The third-order valence-corrected chi connectivity index (χ3v) is 2.45. The maximum atomic E-state index is 11.4. The largest absolute Gasteiger partial charge is 0.394 e. The molecule has 0 aromatic heterocycles. The Balaban J connectivity index is 4.37. The summed E-state index contributed by atoms with van der Waals surface area (Å²) in [7, 11) is 0. The van der Waals surface area contributed by atoms with E-state index in [2.05, 4.69) is 5.32 Å². The van der Waals surface area contributed by atoms with Gasteiger partial charge < -0.3 is 21.3 Å². The van der Waals surface area contributed by atoms with Gasteiger partial charge in [-0.1, -0.05) is 13.8 Å². The smallest absolute Gasteiger partial charge is 0.237 e. The third kappa shape index (κ3) is 3.25. The molecule has 0 aromatic rings. The molecular formula is C9H20N2O3. The fourth-order valence-corrected chi connectivity index (χ4v) is 0.980. The highest BCUT2D eigenvalue weighted by Crippen LogP contribution is 2.08. The van der Waals surface area contributed by atoms with Crippen molar-refractivity contribution in [3.63, 3.8) is 0 Å². The zero-order valence-electron chi connectivity index (χ0n) is 8.79. The van der Waals surface area contributed by atoms with Gasteiger partial charge >= 0.3 is 0 Å². The molecule has 0 saturated carbocycles. The summed E-state index contributed by atoms with van der Waals surface area (Å²) in [5.74, 6) is -0.336. The number of nitrogens with one attached hydrogen (secondary N) is 1. The number of hydrogen-bond acceptors (Lipinski definition) is 4. The Morgan fingerprint density at radius 1 is 1.43 bits per heavy atom. The van der Waals surface area contributed by atoms with Crippen LogP contribution in [0.1, 0.15) is 26.7 Å². The van der Waals surface area contributed by atoms with Crippen molar-refractivity contribution in [1.29, 1.82) is 0 Å². The van der Waals surface area contributed by atoms with Gasteiger partial charge in [0.05, 0.1) is 24.8 Å². The number of hydrogen-bond donors (Lipinski definition) is 4. The summed E-state index contributed by atoms with van der Waals surface area (Å²) in [6, 6.07) is -0.584. The lowest BCUT2D eigenvalue weighted by Gasteiger charge is -2.30. The molecule has 0 bridgehead atoms. The van der Waals surface area contributed by atoms with Crippen molar-refractivity contribution in [2.75, 3.05) is 13.2 Å². The molecule has 5 nitrogen and oxygen atoms in total. The van der Waals surface area contributed by atoms with Gasteiger partial charge in [0.1, 0.15) is 0 Å². The molecule has 0 fully saturated rings. The highest BCUT2D eigenvalue weighted by atomic mass is 16.3. The van der Waals surface area contributed by atoms with Crippen molar-refractivity contribution in [3.05, 3.63) is 0 Å². The Bertz CT molecular complexity index is 173. The molecule has 0 spiro atoms. The van der Waals surface area contributed by atoms with E-state index in [1.807, 2.05) is 0 Å². The normalized spacial score (nSPS) is 13.8. The average Bonchev–Trinajstić information content (AvgIpc) is 2.24. The van der Waals surface area contributed by atoms with Crippen LogP contribution in [0.5, 0.6) is 0 Å². The third-order valence-electron chi connectivity index (χ3n) is 2.45. The number of carbonyl (C=O) groups excluding carboxylic acids is 1. The minimum Gasteiger partial charge on any atom is -0.394 e. The van der Waals surface area contributed by atoms with Gasteiger partial charge in [-0.2, -0.15) is 0 Å². The topological polar surface area (TPSA) is 95.6 Å².